The van der Waals surface area contributed by atoms with Gasteiger partial charge < -0.3 is 19.7 Å². The van der Waals surface area contributed by atoms with Crippen molar-refractivity contribution in [1.82, 2.24) is 10.2 Å². The lowest BCUT2D eigenvalue weighted by atomic mass is 10.0. The number of hydrogen-bond acceptors (Lipinski definition) is 4. The van der Waals surface area contributed by atoms with E-state index in [1.165, 1.54) is 0 Å². The first-order valence-corrected chi connectivity index (χ1v) is 9.00. The molecule has 1 atom stereocenters. The highest BCUT2D eigenvalue weighted by molar-refractivity contribution is 5.96. The number of carbonyl (C=O) groups excluding carboxylic acids is 2. The molecule has 0 bridgehead atoms. The Labute approximate surface area is 148 Å². The van der Waals surface area contributed by atoms with Gasteiger partial charge in [0.2, 0.25) is 5.91 Å². The first-order chi connectivity index (χ1) is 12.1. The molecule has 0 aromatic heterocycles. The van der Waals surface area contributed by atoms with E-state index in [9.17, 15) is 9.59 Å². The molecule has 1 N–H and O–H groups in total. The van der Waals surface area contributed by atoms with Gasteiger partial charge in [0.05, 0.1) is 12.7 Å². The van der Waals surface area contributed by atoms with Crippen LogP contribution in [0.4, 0.5) is 0 Å². The third-order valence-electron chi connectivity index (χ3n) is 4.84. The van der Waals surface area contributed by atoms with E-state index in [0.717, 1.165) is 31.6 Å². The summed E-state index contributed by atoms with van der Waals surface area (Å²) in [5.74, 6) is -0.0332. The van der Waals surface area contributed by atoms with Crippen molar-refractivity contribution in [3.8, 4) is 0 Å². The van der Waals surface area contributed by atoms with Gasteiger partial charge in [-0.25, -0.2) is 0 Å². The minimum absolute atomic E-state index is 0.000985. The number of amides is 2. The summed E-state index contributed by atoms with van der Waals surface area (Å²) in [4.78, 5) is 26.5. The number of carbonyl (C=O) groups is 2. The molecule has 2 amide bonds. The van der Waals surface area contributed by atoms with Crippen molar-refractivity contribution in [3.05, 3.63) is 35.4 Å². The second-order valence-corrected chi connectivity index (χ2v) is 6.68. The van der Waals surface area contributed by atoms with E-state index >= 15 is 0 Å². The van der Waals surface area contributed by atoms with E-state index < -0.39 is 0 Å². The van der Waals surface area contributed by atoms with E-state index in [-0.39, 0.29) is 24.0 Å². The van der Waals surface area contributed by atoms with Gasteiger partial charge in [0.25, 0.3) is 5.91 Å². The van der Waals surface area contributed by atoms with Crippen molar-refractivity contribution in [1.29, 1.82) is 0 Å². The third-order valence-corrected chi connectivity index (χ3v) is 4.84. The molecule has 0 radical (unpaired) electrons. The van der Waals surface area contributed by atoms with Crippen LogP contribution in [0.25, 0.3) is 0 Å². The van der Waals surface area contributed by atoms with Crippen LogP contribution >= 0.6 is 0 Å². The molecular weight excluding hydrogens is 320 g/mol. The molecule has 2 aliphatic heterocycles. The zero-order valence-corrected chi connectivity index (χ0v) is 14.7. The molecular formula is C19H26N2O4. The molecule has 0 saturated carbocycles. The lowest BCUT2D eigenvalue weighted by Gasteiger charge is -2.27. The smallest absolute Gasteiger partial charge is 0.254 e. The molecule has 136 valence electrons. The Morgan fingerprint density at radius 2 is 2.08 bits per heavy atom. The Balaban J connectivity index is 1.70. The van der Waals surface area contributed by atoms with Crippen molar-refractivity contribution >= 4 is 11.8 Å². The van der Waals surface area contributed by atoms with Crippen molar-refractivity contribution < 1.29 is 19.1 Å². The first kappa shape index (κ1) is 17.9. The number of nitrogens with zero attached hydrogens (tertiary/aromatic N) is 1. The van der Waals surface area contributed by atoms with Crippen molar-refractivity contribution in [3.63, 3.8) is 0 Å². The summed E-state index contributed by atoms with van der Waals surface area (Å²) in [5, 5.41) is 2.82. The van der Waals surface area contributed by atoms with Crippen molar-refractivity contribution in [2.24, 2.45) is 0 Å². The zero-order chi connectivity index (χ0) is 17.6. The first-order valence-electron chi connectivity index (χ1n) is 9.00. The quantitative estimate of drug-likeness (QED) is 0.902. The molecule has 2 heterocycles. The van der Waals surface area contributed by atoms with E-state index in [0.29, 0.717) is 31.7 Å². The maximum absolute atomic E-state index is 13.1. The van der Waals surface area contributed by atoms with E-state index in [1.807, 2.05) is 31.2 Å². The highest BCUT2D eigenvalue weighted by Crippen LogP contribution is 2.19. The van der Waals surface area contributed by atoms with Gasteiger partial charge >= 0.3 is 0 Å². The second kappa shape index (κ2) is 8.45. The molecule has 25 heavy (non-hydrogen) atoms. The number of rotatable bonds is 4. The fourth-order valence-corrected chi connectivity index (χ4v) is 3.35. The Kier molecular flexibility index (Phi) is 6.04. The van der Waals surface area contributed by atoms with Gasteiger partial charge in [-0.05, 0) is 31.4 Å². The van der Waals surface area contributed by atoms with Crippen LogP contribution in [0.3, 0.4) is 0 Å². The summed E-state index contributed by atoms with van der Waals surface area (Å²) >= 11 is 0. The minimum atomic E-state index is -0.112. The second-order valence-electron chi connectivity index (χ2n) is 6.68. The van der Waals surface area contributed by atoms with Crippen LogP contribution in [0.2, 0.25) is 0 Å². The largest absolute Gasteiger partial charge is 0.381 e. The van der Waals surface area contributed by atoms with Crippen LogP contribution in [-0.4, -0.2) is 55.2 Å². The molecule has 1 aromatic carbocycles. The monoisotopic (exact) mass is 346 g/mol. The van der Waals surface area contributed by atoms with Gasteiger partial charge in [0.1, 0.15) is 0 Å². The predicted molar refractivity (Wildman–Crippen MR) is 93.2 cm³/mol. The topological polar surface area (TPSA) is 67.9 Å². The number of hydrogen-bond donors (Lipinski definition) is 1. The van der Waals surface area contributed by atoms with Crippen molar-refractivity contribution in [2.75, 3.05) is 26.3 Å². The molecule has 2 fully saturated rings. The third kappa shape index (κ3) is 4.58. The summed E-state index contributed by atoms with van der Waals surface area (Å²) in [7, 11) is 0. The van der Waals surface area contributed by atoms with E-state index in [1.54, 1.807) is 4.90 Å². The Hall–Kier alpha value is -1.92. The van der Waals surface area contributed by atoms with Gasteiger partial charge in [-0.2, -0.15) is 0 Å². The molecule has 2 aliphatic rings. The summed E-state index contributed by atoms with van der Waals surface area (Å²) < 4.78 is 11.3. The molecule has 1 unspecified atom stereocenters. The van der Waals surface area contributed by atoms with E-state index in [2.05, 4.69) is 5.32 Å². The van der Waals surface area contributed by atoms with Gasteiger partial charge in [-0.1, -0.05) is 18.2 Å². The summed E-state index contributed by atoms with van der Waals surface area (Å²) in [6.07, 6.45) is 2.32. The van der Waals surface area contributed by atoms with Crippen LogP contribution in [0.1, 0.15) is 42.1 Å². The lowest BCUT2D eigenvalue weighted by Crippen LogP contribution is -2.40. The highest BCUT2D eigenvalue weighted by Gasteiger charge is 2.27. The zero-order valence-electron chi connectivity index (χ0n) is 14.7. The van der Waals surface area contributed by atoms with Gasteiger partial charge in [0.15, 0.2) is 0 Å². The highest BCUT2D eigenvalue weighted by atomic mass is 16.5. The van der Waals surface area contributed by atoms with Crippen LogP contribution in [0, 0.1) is 0 Å². The summed E-state index contributed by atoms with van der Waals surface area (Å²) in [6, 6.07) is 7.48. The average molecular weight is 346 g/mol. The maximum atomic E-state index is 13.1. The van der Waals surface area contributed by atoms with Crippen LogP contribution in [0.15, 0.2) is 24.3 Å². The van der Waals surface area contributed by atoms with E-state index in [4.69, 9.17) is 9.47 Å². The summed E-state index contributed by atoms with van der Waals surface area (Å²) in [6.45, 7) is 4.83. The maximum Gasteiger partial charge on any atom is 0.254 e. The molecule has 3 rings (SSSR count). The average Bonchev–Trinajstić information content (AvgIpc) is 2.80. The van der Waals surface area contributed by atoms with Crippen LogP contribution in [-0.2, 0) is 20.9 Å². The predicted octanol–water partition coefficient (Wildman–Crippen LogP) is 1.73. The number of ether oxygens (including phenoxy) is 2. The number of benzene rings is 1. The van der Waals surface area contributed by atoms with Gasteiger partial charge in [0, 0.05) is 44.3 Å². The Morgan fingerprint density at radius 1 is 1.32 bits per heavy atom. The SMILES string of the molecule is CC1CC(=O)NCCN1C(=O)c1ccccc1COC1CCOCC1. The molecule has 0 aliphatic carbocycles. The molecule has 2 saturated heterocycles. The number of nitrogens with one attached hydrogen (secondary N) is 1. The van der Waals surface area contributed by atoms with Gasteiger partial charge in [-0.3, -0.25) is 9.59 Å². The molecule has 6 heteroatoms. The minimum Gasteiger partial charge on any atom is -0.381 e. The normalized spacial score (nSPS) is 22.4. The standard InChI is InChI=1S/C19H26N2O4/c1-14-12-18(22)20-8-9-21(14)19(23)17-5-3-2-4-15(17)13-25-16-6-10-24-11-7-16/h2-5,14,16H,6-13H2,1H3,(H,20,22). The Bertz CT molecular complexity index is 613. The van der Waals surface area contributed by atoms with Gasteiger partial charge in [-0.15, -0.1) is 0 Å². The Morgan fingerprint density at radius 3 is 2.88 bits per heavy atom. The molecule has 0 spiro atoms. The summed E-state index contributed by atoms with van der Waals surface area (Å²) in [5.41, 5.74) is 1.56. The lowest BCUT2D eigenvalue weighted by molar-refractivity contribution is -0.121. The molecule has 1 aromatic rings. The van der Waals surface area contributed by atoms with Crippen LogP contribution < -0.4 is 5.32 Å². The fourth-order valence-electron chi connectivity index (χ4n) is 3.35. The van der Waals surface area contributed by atoms with Crippen molar-refractivity contribution in [2.45, 2.75) is 44.9 Å². The van der Waals surface area contributed by atoms with Crippen LogP contribution in [0.5, 0.6) is 0 Å². The molecule has 6 nitrogen and oxygen atoms in total. The fraction of sp³-hybridized carbons (Fsp3) is 0.579.